The van der Waals surface area contributed by atoms with Crippen LogP contribution in [0.4, 0.5) is 0 Å². The van der Waals surface area contributed by atoms with Crippen LogP contribution in [0, 0.1) is 0 Å². The van der Waals surface area contributed by atoms with Crippen molar-refractivity contribution in [1.29, 1.82) is 0 Å². The van der Waals surface area contributed by atoms with Crippen LogP contribution in [0.2, 0.25) is 0 Å². The number of esters is 3. The molecule has 0 spiro atoms. The van der Waals surface area contributed by atoms with Gasteiger partial charge in [-0.25, -0.2) is 0 Å². The summed E-state index contributed by atoms with van der Waals surface area (Å²) in [5.74, 6) is -0.981. The number of ether oxygens (including phenoxy) is 3. The molecule has 6 nitrogen and oxygen atoms in total. The van der Waals surface area contributed by atoms with Gasteiger partial charge in [-0.1, -0.05) is 251 Å². The molecular weight excluding hydrogens is 841 g/mol. The fourth-order valence-electron chi connectivity index (χ4n) is 7.24. The van der Waals surface area contributed by atoms with Crippen LogP contribution >= 0.6 is 0 Å². The highest BCUT2D eigenvalue weighted by Crippen LogP contribution is 2.14. The Morgan fingerprint density at radius 1 is 0.309 bits per heavy atom. The summed E-state index contributed by atoms with van der Waals surface area (Å²) in [5, 5.41) is 0. The number of carbonyl (C=O) groups is 3. The molecule has 0 aromatic carbocycles. The van der Waals surface area contributed by atoms with E-state index in [-0.39, 0.29) is 37.5 Å². The predicted octanol–water partition coefficient (Wildman–Crippen LogP) is 18.5. The molecule has 0 saturated heterocycles. The summed E-state index contributed by atoms with van der Waals surface area (Å²) in [6.07, 6.45) is 76.1. The van der Waals surface area contributed by atoms with Gasteiger partial charge in [0.05, 0.1) is 0 Å². The maximum atomic E-state index is 12.8. The molecule has 0 radical (unpaired) electrons. The maximum absolute atomic E-state index is 12.8. The SMILES string of the molecule is CC\C=C/C=C\C=C/C=C\CCCCCC(=O)OCC(COC(=O)CCCCCCCCC/C=C\CCCCCCCCCC)OC(=O)CCCCCCC\C=C/C=C\C=C/C=C\C=C/CCC. The molecule has 0 aromatic heterocycles. The van der Waals surface area contributed by atoms with Gasteiger partial charge in [0, 0.05) is 19.3 Å². The van der Waals surface area contributed by atoms with Crippen molar-refractivity contribution >= 4 is 17.9 Å². The van der Waals surface area contributed by atoms with Crippen LogP contribution in [0.25, 0.3) is 0 Å². The van der Waals surface area contributed by atoms with Gasteiger partial charge in [0.25, 0.3) is 0 Å². The van der Waals surface area contributed by atoms with Crippen LogP contribution < -0.4 is 0 Å². The first-order chi connectivity index (χ1) is 33.5. The molecular formula is C62H100O6. The first kappa shape index (κ1) is 63.8. The quantitative estimate of drug-likeness (QED) is 0.0199. The highest BCUT2D eigenvalue weighted by molar-refractivity contribution is 5.71. The minimum absolute atomic E-state index is 0.107. The molecule has 0 amide bonds. The van der Waals surface area contributed by atoms with Crippen LogP contribution in [-0.2, 0) is 28.6 Å². The second-order valence-corrected chi connectivity index (χ2v) is 18.0. The van der Waals surface area contributed by atoms with E-state index in [1.807, 2.05) is 72.9 Å². The van der Waals surface area contributed by atoms with Gasteiger partial charge in [0.2, 0.25) is 0 Å². The summed E-state index contributed by atoms with van der Waals surface area (Å²) < 4.78 is 16.8. The van der Waals surface area contributed by atoms with E-state index in [0.29, 0.717) is 12.8 Å². The van der Waals surface area contributed by atoms with Gasteiger partial charge in [-0.05, 0) is 83.5 Å². The van der Waals surface area contributed by atoms with Crippen molar-refractivity contribution < 1.29 is 28.6 Å². The third kappa shape index (κ3) is 52.8. The van der Waals surface area contributed by atoms with Crippen LogP contribution in [0.15, 0.2) is 122 Å². The van der Waals surface area contributed by atoms with E-state index in [2.05, 4.69) is 69.4 Å². The molecule has 0 aromatic rings. The van der Waals surface area contributed by atoms with E-state index in [4.69, 9.17) is 14.2 Å². The standard InChI is InChI=1S/C62H100O6/c1-4-7-10-13-16-19-22-25-27-29-31-33-34-37-40-43-46-49-52-55-61(64)67-58-59(57-66-60(63)54-51-48-45-42-39-36-24-21-18-15-12-9-6-3)68-62(65)56-53-50-47-44-41-38-35-32-30-28-26-23-20-17-14-11-8-5-2/h9,11-12,14-15,17-18,20-21,23-24,26,28-32,35-36,39,59H,4-8,10,13,16,19,22,25,27,33-34,37-38,40-58H2,1-3H3/b12-9-,14-11-,18-15-,20-17-,24-21-,26-23-,30-28-,31-29-,35-32-,39-36-. The summed E-state index contributed by atoms with van der Waals surface area (Å²) in [6.45, 7) is 6.34. The molecule has 6 heteroatoms. The highest BCUT2D eigenvalue weighted by atomic mass is 16.6. The third-order valence-corrected chi connectivity index (χ3v) is 11.4. The van der Waals surface area contributed by atoms with Crippen LogP contribution in [-0.4, -0.2) is 37.2 Å². The van der Waals surface area contributed by atoms with Crippen molar-refractivity contribution in [2.75, 3.05) is 13.2 Å². The van der Waals surface area contributed by atoms with Crippen LogP contribution in [0.5, 0.6) is 0 Å². The van der Waals surface area contributed by atoms with Gasteiger partial charge in [-0.15, -0.1) is 0 Å². The van der Waals surface area contributed by atoms with Gasteiger partial charge in [0.1, 0.15) is 13.2 Å². The number of hydrogen-bond donors (Lipinski definition) is 0. The van der Waals surface area contributed by atoms with Crippen molar-refractivity contribution in [1.82, 2.24) is 0 Å². The lowest BCUT2D eigenvalue weighted by molar-refractivity contribution is -0.167. The zero-order valence-electron chi connectivity index (χ0n) is 43.8. The van der Waals surface area contributed by atoms with Crippen LogP contribution in [0.3, 0.4) is 0 Å². The maximum Gasteiger partial charge on any atom is 0.306 e. The summed E-state index contributed by atoms with van der Waals surface area (Å²) in [5.41, 5.74) is 0. The second kappa shape index (κ2) is 55.4. The Balaban J connectivity index is 4.49. The monoisotopic (exact) mass is 941 g/mol. The number of unbranched alkanes of at least 4 members (excludes halogenated alkanes) is 24. The molecule has 0 saturated carbocycles. The Hall–Kier alpha value is -4.19. The van der Waals surface area contributed by atoms with Gasteiger partial charge in [-0.3, -0.25) is 14.4 Å². The lowest BCUT2D eigenvalue weighted by atomic mass is 10.1. The molecule has 68 heavy (non-hydrogen) atoms. The topological polar surface area (TPSA) is 78.9 Å². The largest absolute Gasteiger partial charge is 0.462 e. The number of allylic oxidation sites excluding steroid dienone is 20. The first-order valence-electron chi connectivity index (χ1n) is 27.7. The van der Waals surface area contributed by atoms with E-state index < -0.39 is 6.10 Å². The van der Waals surface area contributed by atoms with Crippen molar-refractivity contribution in [2.24, 2.45) is 0 Å². The summed E-state index contributed by atoms with van der Waals surface area (Å²) in [7, 11) is 0. The Kier molecular flexibility index (Phi) is 52.0. The minimum atomic E-state index is -0.813. The molecule has 0 aliphatic carbocycles. The minimum Gasteiger partial charge on any atom is -0.462 e. The lowest BCUT2D eigenvalue weighted by Gasteiger charge is -2.18. The molecule has 1 unspecified atom stereocenters. The van der Waals surface area contributed by atoms with E-state index in [0.717, 1.165) is 96.3 Å². The van der Waals surface area contributed by atoms with Gasteiger partial charge in [0.15, 0.2) is 6.10 Å². The van der Waals surface area contributed by atoms with Gasteiger partial charge < -0.3 is 14.2 Å². The smallest absolute Gasteiger partial charge is 0.306 e. The molecule has 384 valence electrons. The predicted molar refractivity (Wildman–Crippen MR) is 293 cm³/mol. The Bertz CT molecular complexity index is 1450. The number of carbonyl (C=O) groups excluding carboxylic acids is 3. The molecule has 0 heterocycles. The molecule has 0 rings (SSSR count). The van der Waals surface area contributed by atoms with E-state index in [9.17, 15) is 14.4 Å². The lowest BCUT2D eigenvalue weighted by Crippen LogP contribution is -2.30. The van der Waals surface area contributed by atoms with Crippen molar-refractivity contribution in [3.8, 4) is 0 Å². The number of rotatable bonds is 48. The summed E-state index contributed by atoms with van der Waals surface area (Å²) in [4.78, 5) is 38.1. The van der Waals surface area contributed by atoms with Crippen LogP contribution in [0.1, 0.15) is 233 Å². The molecule has 0 aliphatic heterocycles. The van der Waals surface area contributed by atoms with E-state index in [1.54, 1.807) is 0 Å². The van der Waals surface area contributed by atoms with Gasteiger partial charge in [-0.2, -0.15) is 0 Å². The molecule has 0 fully saturated rings. The zero-order valence-corrected chi connectivity index (χ0v) is 43.8. The van der Waals surface area contributed by atoms with Crippen molar-refractivity contribution in [3.63, 3.8) is 0 Å². The third-order valence-electron chi connectivity index (χ3n) is 11.4. The summed E-state index contributed by atoms with van der Waals surface area (Å²) in [6, 6.07) is 0. The zero-order chi connectivity index (χ0) is 49.3. The highest BCUT2D eigenvalue weighted by Gasteiger charge is 2.19. The Morgan fingerprint density at radius 3 is 1.01 bits per heavy atom. The normalized spacial score (nSPS) is 13.0. The fourth-order valence-corrected chi connectivity index (χ4v) is 7.24. The van der Waals surface area contributed by atoms with E-state index >= 15 is 0 Å². The molecule has 1 atom stereocenters. The van der Waals surface area contributed by atoms with E-state index in [1.165, 1.54) is 96.3 Å². The average molecular weight is 941 g/mol. The molecule has 0 aliphatic rings. The second-order valence-electron chi connectivity index (χ2n) is 18.0. The van der Waals surface area contributed by atoms with Crippen molar-refractivity contribution in [3.05, 3.63) is 122 Å². The Morgan fingerprint density at radius 2 is 0.618 bits per heavy atom. The molecule has 0 N–H and O–H groups in total. The van der Waals surface area contributed by atoms with Crippen molar-refractivity contribution in [2.45, 2.75) is 239 Å². The summed E-state index contributed by atoms with van der Waals surface area (Å²) >= 11 is 0. The average Bonchev–Trinajstić information content (AvgIpc) is 3.34. The molecule has 0 bridgehead atoms. The number of hydrogen-bond acceptors (Lipinski definition) is 6. The van der Waals surface area contributed by atoms with Gasteiger partial charge >= 0.3 is 17.9 Å². The first-order valence-corrected chi connectivity index (χ1v) is 27.7. The Labute approximate surface area is 418 Å². The fraction of sp³-hybridized carbons (Fsp3) is 0.629.